The summed E-state index contributed by atoms with van der Waals surface area (Å²) in [6, 6.07) is 15.9. The minimum absolute atomic E-state index is 0.973. The quantitative estimate of drug-likeness (QED) is 0.538. The van der Waals surface area contributed by atoms with E-state index in [-0.39, 0.29) is 0 Å². The second-order valence-corrected chi connectivity index (χ2v) is 3.47. The SMILES string of the molecule is N#Cn1c2ccccc2c2ccccc21. The third-order valence-electron chi connectivity index (χ3n) is 2.68. The van der Waals surface area contributed by atoms with Crippen molar-refractivity contribution in [2.45, 2.75) is 0 Å². The Hall–Kier alpha value is -2.27. The van der Waals surface area contributed by atoms with Crippen molar-refractivity contribution >= 4 is 21.8 Å². The molecule has 0 spiro atoms. The van der Waals surface area contributed by atoms with Gasteiger partial charge in [-0.1, -0.05) is 36.4 Å². The van der Waals surface area contributed by atoms with E-state index in [0.717, 1.165) is 21.8 Å². The number of benzene rings is 2. The summed E-state index contributed by atoms with van der Waals surface area (Å²) in [5.74, 6) is 0. The molecule has 2 nitrogen and oxygen atoms in total. The summed E-state index contributed by atoms with van der Waals surface area (Å²) >= 11 is 0. The van der Waals surface area contributed by atoms with Crippen molar-refractivity contribution in [2.24, 2.45) is 0 Å². The lowest BCUT2D eigenvalue weighted by molar-refractivity contribution is 1.20. The molecule has 0 radical (unpaired) electrons. The zero-order chi connectivity index (χ0) is 10.3. The van der Waals surface area contributed by atoms with Crippen LogP contribution in [-0.4, -0.2) is 4.57 Å². The first-order valence-corrected chi connectivity index (χ1v) is 4.80. The van der Waals surface area contributed by atoms with Gasteiger partial charge in [-0.05, 0) is 12.1 Å². The van der Waals surface area contributed by atoms with Crippen molar-refractivity contribution in [3.05, 3.63) is 48.5 Å². The molecule has 3 aromatic rings. The highest BCUT2D eigenvalue weighted by Gasteiger charge is 2.07. The standard InChI is InChI=1S/C13H8N2/c14-9-15-12-7-3-1-5-10(12)11-6-2-4-8-13(11)15/h1-8H. The van der Waals surface area contributed by atoms with Crippen LogP contribution in [0.2, 0.25) is 0 Å². The number of hydrogen-bond acceptors (Lipinski definition) is 1. The van der Waals surface area contributed by atoms with E-state index in [9.17, 15) is 0 Å². The molecule has 0 N–H and O–H groups in total. The van der Waals surface area contributed by atoms with Crippen molar-refractivity contribution in [3.8, 4) is 6.19 Å². The molecule has 0 aliphatic rings. The maximum atomic E-state index is 9.14. The molecule has 0 bridgehead atoms. The predicted octanol–water partition coefficient (Wildman–Crippen LogP) is 3.12. The van der Waals surface area contributed by atoms with Crippen LogP contribution < -0.4 is 0 Å². The number of aromatic nitrogens is 1. The summed E-state index contributed by atoms with van der Waals surface area (Å²) in [4.78, 5) is 0. The van der Waals surface area contributed by atoms with Crippen LogP contribution in [0.25, 0.3) is 21.8 Å². The van der Waals surface area contributed by atoms with E-state index in [1.165, 1.54) is 0 Å². The fraction of sp³-hybridized carbons (Fsp3) is 0. The van der Waals surface area contributed by atoms with E-state index in [0.29, 0.717) is 0 Å². The summed E-state index contributed by atoms with van der Waals surface area (Å²) in [5, 5.41) is 11.4. The molecular formula is C13H8N2. The van der Waals surface area contributed by atoms with Crippen molar-refractivity contribution in [3.63, 3.8) is 0 Å². The van der Waals surface area contributed by atoms with Crippen LogP contribution >= 0.6 is 0 Å². The van der Waals surface area contributed by atoms with E-state index in [1.807, 2.05) is 48.5 Å². The summed E-state index contributed by atoms with van der Waals surface area (Å²) in [6.07, 6.45) is 2.21. The minimum Gasteiger partial charge on any atom is -0.246 e. The summed E-state index contributed by atoms with van der Waals surface area (Å²) in [7, 11) is 0. The first kappa shape index (κ1) is 8.07. The molecule has 1 heterocycles. The number of para-hydroxylation sites is 2. The number of fused-ring (bicyclic) bond motifs is 3. The first-order valence-electron chi connectivity index (χ1n) is 4.80. The van der Waals surface area contributed by atoms with Gasteiger partial charge in [0.05, 0.1) is 11.0 Å². The molecule has 0 atom stereocenters. The Morgan fingerprint density at radius 2 is 1.27 bits per heavy atom. The predicted molar refractivity (Wildman–Crippen MR) is 60.5 cm³/mol. The normalized spacial score (nSPS) is 10.6. The lowest BCUT2D eigenvalue weighted by atomic mass is 10.2. The highest BCUT2D eigenvalue weighted by molar-refractivity contribution is 6.08. The highest BCUT2D eigenvalue weighted by atomic mass is 15.0. The second-order valence-electron chi connectivity index (χ2n) is 3.47. The molecule has 15 heavy (non-hydrogen) atoms. The topological polar surface area (TPSA) is 28.7 Å². The molecule has 0 amide bonds. The van der Waals surface area contributed by atoms with Gasteiger partial charge in [-0.15, -0.1) is 0 Å². The van der Waals surface area contributed by atoms with Crippen LogP contribution in [-0.2, 0) is 0 Å². The third kappa shape index (κ3) is 0.976. The van der Waals surface area contributed by atoms with Gasteiger partial charge < -0.3 is 0 Å². The van der Waals surface area contributed by atoms with Crippen LogP contribution in [0, 0.1) is 11.5 Å². The van der Waals surface area contributed by atoms with Crippen molar-refractivity contribution < 1.29 is 0 Å². The Morgan fingerprint density at radius 3 is 1.73 bits per heavy atom. The van der Waals surface area contributed by atoms with Crippen LogP contribution in [0.1, 0.15) is 0 Å². The van der Waals surface area contributed by atoms with E-state index < -0.39 is 0 Å². The molecular weight excluding hydrogens is 184 g/mol. The largest absolute Gasteiger partial charge is 0.246 e. The molecule has 2 aromatic carbocycles. The van der Waals surface area contributed by atoms with Gasteiger partial charge in [0.2, 0.25) is 0 Å². The molecule has 1 aromatic heterocycles. The maximum Gasteiger partial charge on any atom is 0.189 e. The Bertz CT molecular complexity index is 633. The molecule has 0 aliphatic carbocycles. The fourth-order valence-electron chi connectivity index (χ4n) is 2.03. The third-order valence-corrected chi connectivity index (χ3v) is 2.68. The number of rotatable bonds is 0. The summed E-state index contributed by atoms with van der Waals surface area (Å²) < 4.78 is 1.67. The van der Waals surface area contributed by atoms with Crippen LogP contribution in [0.15, 0.2) is 48.5 Å². The monoisotopic (exact) mass is 192 g/mol. The molecule has 70 valence electrons. The summed E-state index contributed by atoms with van der Waals surface area (Å²) in [6.45, 7) is 0. The molecule has 0 fully saturated rings. The lowest BCUT2D eigenvalue weighted by Gasteiger charge is -1.91. The zero-order valence-corrected chi connectivity index (χ0v) is 8.01. The summed E-state index contributed by atoms with van der Waals surface area (Å²) in [5.41, 5.74) is 1.95. The van der Waals surface area contributed by atoms with E-state index in [1.54, 1.807) is 4.57 Å². The first-order chi connectivity index (χ1) is 7.42. The number of hydrogen-bond donors (Lipinski definition) is 0. The van der Waals surface area contributed by atoms with Crippen LogP contribution in [0.4, 0.5) is 0 Å². The molecule has 0 saturated carbocycles. The number of nitrogens with zero attached hydrogens (tertiary/aromatic N) is 2. The Balaban J connectivity index is 2.70. The average molecular weight is 192 g/mol. The van der Waals surface area contributed by atoms with Crippen LogP contribution in [0.5, 0.6) is 0 Å². The Labute approximate surface area is 87.0 Å². The van der Waals surface area contributed by atoms with Crippen molar-refractivity contribution in [2.75, 3.05) is 0 Å². The van der Waals surface area contributed by atoms with Crippen LogP contribution in [0.3, 0.4) is 0 Å². The smallest absolute Gasteiger partial charge is 0.189 e. The van der Waals surface area contributed by atoms with Gasteiger partial charge >= 0.3 is 0 Å². The second kappa shape index (κ2) is 2.86. The van der Waals surface area contributed by atoms with Gasteiger partial charge in [-0.25, -0.2) is 4.57 Å². The van der Waals surface area contributed by atoms with Gasteiger partial charge in [0.1, 0.15) is 0 Å². The van der Waals surface area contributed by atoms with E-state index in [2.05, 4.69) is 6.19 Å². The minimum atomic E-state index is 0.973. The van der Waals surface area contributed by atoms with Crippen molar-refractivity contribution in [1.82, 2.24) is 4.57 Å². The van der Waals surface area contributed by atoms with Gasteiger partial charge in [-0.2, -0.15) is 5.26 Å². The zero-order valence-electron chi connectivity index (χ0n) is 8.01. The molecule has 3 rings (SSSR count). The fourth-order valence-corrected chi connectivity index (χ4v) is 2.03. The van der Waals surface area contributed by atoms with Gasteiger partial charge in [0.15, 0.2) is 6.19 Å². The molecule has 0 aliphatic heterocycles. The molecule has 0 saturated heterocycles. The van der Waals surface area contributed by atoms with Gasteiger partial charge in [0, 0.05) is 10.8 Å². The van der Waals surface area contributed by atoms with Gasteiger partial charge in [0.25, 0.3) is 0 Å². The van der Waals surface area contributed by atoms with Crippen molar-refractivity contribution in [1.29, 1.82) is 5.26 Å². The Morgan fingerprint density at radius 1 is 0.800 bits per heavy atom. The molecule has 2 heteroatoms. The molecule has 0 unspecified atom stereocenters. The van der Waals surface area contributed by atoms with Gasteiger partial charge in [-0.3, -0.25) is 0 Å². The maximum absolute atomic E-state index is 9.14. The van der Waals surface area contributed by atoms with E-state index >= 15 is 0 Å². The Kier molecular flexibility index (Phi) is 1.54. The number of nitriles is 1. The average Bonchev–Trinajstić information content (AvgIpc) is 2.63. The lowest BCUT2D eigenvalue weighted by Crippen LogP contribution is -1.85. The highest BCUT2D eigenvalue weighted by Crippen LogP contribution is 2.27. The van der Waals surface area contributed by atoms with E-state index in [4.69, 9.17) is 5.26 Å².